The molecular weight excluding hydrogens is 392 g/mol. The predicted octanol–water partition coefficient (Wildman–Crippen LogP) is 4.43. The Labute approximate surface area is 180 Å². The number of amides is 1. The van der Waals surface area contributed by atoms with E-state index in [0.717, 1.165) is 30.7 Å². The van der Waals surface area contributed by atoms with Gasteiger partial charge in [0.1, 0.15) is 22.8 Å². The van der Waals surface area contributed by atoms with Crippen LogP contribution in [-0.2, 0) is 0 Å². The van der Waals surface area contributed by atoms with Crippen LogP contribution in [-0.4, -0.2) is 28.9 Å². The van der Waals surface area contributed by atoms with Crippen LogP contribution in [0.2, 0.25) is 0 Å². The zero-order valence-electron chi connectivity index (χ0n) is 16.9. The minimum atomic E-state index is -0.610. The fraction of sp³-hybridized carbons (Fsp3) is 0.208. The minimum Gasteiger partial charge on any atom is -0.457 e. The van der Waals surface area contributed by atoms with Crippen LogP contribution >= 0.6 is 0 Å². The Balaban J connectivity index is 1.50. The van der Waals surface area contributed by atoms with E-state index in [-0.39, 0.29) is 17.4 Å². The Bertz CT molecular complexity index is 1090. The lowest BCUT2D eigenvalue weighted by molar-refractivity contribution is 0.0997. The van der Waals surface area contributed by atoms with E-state index < -0.39 is 5.91 Å². The Morgan fingerprint density at radius 2 is 1.74 bits per heavy atom. The molecule has 2 N–H and O–H groups in total. The third-order valence-corrected chi connectivity index (χ3v) is 5.19. The van der Waals surface area contributed by atoms with Gasteiger partial charge >= 0.3 is 0 Å². The van der Waals surface area contributed by atoms with Crippen LogP contribution in [0.1, 0.15) is 34.7 Å². The van der Waals surface area contributed by atoms with Gasteiger partial charge in [-0.1, -0.05) is 18.2 Å². The third kappa shape index (κ3) is 4.93. The largest absolute Gasteiger partial charge is 0.457 e. The number of hydrogen-bond acceptors (Lipinski definition) is 6. The molecule has 156 valence electrons. The number of benzene rings is 2. The molecule has 1 amide bonds. The van der Waals surface area contributed by atoms with Crippen molar-refractivity contribution in [2.24, 2.45) is 5.73 Å². The van der Waals surface area contributed by atoms with Crippen LogP contribution in [0.25, 0.3) is 0 Å². The highest BCUT2D eigenvalue weighted by atomic mass is 16.5. The molecule has 4 rings (SSSR count). The van der Waals surface area contributed by atoms with E-state index in [2.05, 4.69) is 11.2 Å². The van der Waals surface area contributed by atoms with Crippen molar-refractivity contribution in [1.82, 2.24) is 9.88 Å². The average Bonchev–Trinajstić information content (AvgIpc) is 2.81. The van der Waals surface area contributed by atoms with Gasteiger partial charge in [0.2, 0.25) is 5.88 Å². The Morgan fingerprint density at radius 3 is 2.42 bits per heavy atom. The summed E-state index contributed by atoms with van der Waals surface area (Å²) in [5.41, 5.74) is 6.69. The molecule has 31 heavy (non-hydrogen) atoms. The van der Waals surface area contributed by atoms with E-state index in [9.17, 15) is 4.79 Å². The number of para-hydroxylation sites is 1. The standard InChI is InChI=1S/C24H22N4O3/c25-16-28-12-4-5-17(15-28)18-13-22(23(26)29)24(27-14-18)31-21-10-8-20(9-11-21)30-19-6-2-1-3-7-19/h1-3,6-11,13-14,17H,4-5,12,15H2,(H2,26,29)/t17-/m1/s1. The van der Waals surface area contributed by atoms with Crippen LogP contribution in [0.3, 0.4) is 0 Å². The molecule has 0 bridgehead atoms. The van der Waals surface area contributed by atoms with Crippen molar-refractivity contribution in [1.29, 1.82) is 5.26 Å². The van der Waals surface area contributed by atoms with Gasteiger partial charge in [0, 0.05) is 25.2 Å². The monoisotopic (exact) mass is 414 g/mol. The Morgan fingerprint density at radius 1 is 1.06 bits per heavy atom. The molecule has 1 aromatic heterocycles. The first-order valence-electron chi connectivity index (χ1n) is 10.1. The number of carbonyl (C=O) groups is 1. The fourth-order valence-electron chi connectivity index (χ4n) is 3.60. The van der Waals surface area contributed by atoms with Crippen molar-refractivity contribution in [3.05, 3.63) is 78.0 Å². The zero-order valence-corrected chi connectivity index (χ0v) is 16.9. The molecule has 0 saturated carbocycles. The van der Waals surface area contributed by atoms with E-state index in [1.165, 1.54) is 0 Å². The van der Waals surface area contributed by atoms with Gasteiger partial charge in [0.05, 0.1) is 0 Å². The van der Waals surface area contributed by atoms with Gasteiger partial charge in [0.15, 0.2) is 6.19 Å². The van der Waals surface area contributed by atoms with Crippen LogP contribution in [0.5, 0.6) is 23.1 Å². The first-order chi connectivity index (χ1) is 15.1. The maximum Gasteiger partial charge on any atom is 0.254 e. The van der Waals surface area contributed by atoms with Crippen molar-refractivity contribution in [2.75, 3.05) is 13.1 Å². The summed E-state index contributed by atoms with van der Waals surface area (Å²) in [6.45, 7) is 1.37. The maximum absolute atomic E-state index is 12.0. The van der Waals surface area contributed by atoms with E-state index in [1.807, 2.05) is 30.3 Å². The smallest absolute Gasteiger partial charge is 0.254 e. The van der Waals surface area contributed by atoms with Crippen molar-refractivity contribution in [3.63, 3.8) is 0 Å². The molecule has 2 heterocycles. The van der Waals surface area contributed by atoms with Crippen LogP contribution in [0, 0.1) is 11.5 Å². The molecule has 7 nitrogen and oxygen atoms in total. The number of rotatable bonds is 6. The maximum atomic E-state index is 12.0. The molecule has 0 radical (unpaired) electrons. The number of ether oxygens (including phenoxy) is 2. The van der Waals surface area contributed by atoms with Gasteiger partial charge in [-0.25, -0.2) is 4.98 Å². The van der Waals surface area contributed by atoms with Crippen LogP contribution in [0.15, 0.2) is 66.9 Å². The van der Waals surface area contributed by atoms with Crippen molar-refractivity contribution < 1.29 is 14.3 Å². The van der Waals surface area contributed by atoms with Gasteiger partial charge in [-0.15, -0.1) is 0 Å². The SMILES string of the molecule is N#CN1CCC[C@@H](c2cnc(Oc3ccc(Oc4ccccc4)cc3)c(C(N)=O)c2)C1. The Kier molecular flexibility index (Phi) is 5.99. The predicted molar refractivity (Wildman–Crippen MR) is 115 cm³/mol. The van der Waals surface area contributed by atoms with Crippen molar-refractivity contribution in [3.8, 4) is 29.3 Å². The van der Waals surface area contributed by atoms with E-state index in [0.29, 0.717) is 18.0 Å². The lowest BCUT2D eigenvalue weighted by atomic mass is 9.91. The second kappa shape index (κ2) is 9.18. The molecule has 0 unspecified atom stereocenters. The summed E-state index contributed by atoms with van der Waals surface area (Å²) in [6, 6.07) is 18.2. The lowest BCUT2D eigenvalue weighted by Crippen LogP contribution is -2.30. The van der Waals surface area contributed by atoms with Gasteiger partial charge in [-0.05, 0) is 60.9 Å². The van der Waals surface area contributed by atoms with Gasteiger partial charge in [-0.3, -0.25) is 4.79 Å². The Hall–Kier alpha value is -4.05. The van der Waals surface area contributed by atoms with Gasteiger partial charge < -0.3 is 20.1 Å². The first kappa shape index (κ1) is 20.2. The molecule has 1 aliphatic heterocycles. The molecule has 1 fully saturated rings. The molecular formula is C24H22N4O3. The second-order valence-electron chi connectivity index (χ2n) is 7.36. The molecule has 1 aliphatic rings. The third-order valence-electron chi connectivity index (χ3n) is 5.19. The van der Waals surface area contributed by atoms with E-state index in [4.69, 9.17) is 20.5 Å². The highest BCUT2D eigenvalue weighted by Crippen LogP contribution is 2.31. The quantitative estimate of drug-likeness (QED) is 0.599. The number of nitriles is 1. The number of hydrogen-bond donors (Lipinski definition) is 1. The summed E-state index contributed by atoms with van der Waals surface area (Å²) in [5.74, 6) is 1.58. The molecule has 0 aliphatic carbocycles. The van der Waals surface area contributed by atoms with Crippen molar-refractivity contribution in [2.45, 2.75) is 18.8 Å². The fourth-order valence-corrected chi connectivity index (χ4v) is 3.60. The number of pyridine rings is 1. The highest BCUT2D eigenvalue weighted by Gasteiger charge is 2.23. The number of piperidine rings is 1. The number of aromatic nitrogens is 1. The van der Waals surface area contributed by atoms with Crippen LogP contribution in [0.4, 0.5) is 0 Å². The highest BCUT2D eigenvalue weighted by molar-refractivity contribution is 5.95. The number of nitrogens with two attached hydrogens (primary N) is 1. The minimum absolute atomic E-state index is 0.127. The van der Waals surface area contributed by atoms with E-state index >= 15 is 0 Å². The van der Waals surface area contributed by atoms with Crippen molar-refractivity contribution >= 4 is 5.91 Å². The molecule has 0 spiro atoms. The zero-order chi connectivity index (χ0) is 21.6. The van der Waals surface area contributed by atoms with E-state index in [1.54, 1.807) is 41.4 Å². The summed E-state index contributed by atoms with van der Waals surface area (Å²) in [4.78, 5) is 18.1. The summed E-state index contributed by atoms with van der Waals surface area (Å²) in [7, 11) is 0. The number of carbonyl (C=O) groups excluding carboxylic acids is 1. The van der Waals surface area contributed by atoms with Gasteiger partial charge in [0.25, 0.3) is 5.91 Å². The topological polar surface area (TPSA) is 101 Å². The number of likely N-dealkylation sites (tertiary alicyclic amines) is 1. The summed E-state index contributed by atoms with van der Waals surface area (Å²) < 4.78 is 11.6. The molecule has 3 aromatic rings. The van der Waals surface area contributed by atoms with Crippen LogP contribution < -0.4 is 15.2 Å². The summed E-state index contributed by atoms with van der Waals surface area (Å²) in [6.07, 6.45) is 5.73. The molecule has 1 saturated heterocycles. The summed E-state index contributed by atoms with van der Waals surface area (Å²) >= 11 is 0. The lowest BCUT2D eigenvalue weighted by Gasteiger charge is -2.29. The first-order valence-corrected chi connectivity index (χ1v) is 10.1. The summed E-state index contributed by atoms with van der Waals surface area (Å²) in [5, 5.41) is 9.17. The second-order valence-corrected chi connectivity index (χ2v) is 7.36. The molecule has 7 heteroatoms. The normalized spacial score (nSPS) is 15.7. The average molecular weight is 414 g/mol. The number of primary amides is 1. The van der Waals surface area contributed by atoms with Gasteiger partial charge in [-0.2, -0.15) is 5.26 Å². The molecule has 1 atom stereocenters. The number of nitrogens with zero attached hydrogens (tertiary/aromatic N) is 3. The molecule has 2 aromatic carbocycles.